The molecular formula is C11H10Cl2N2O. The quantitative estimate of drug-likeness (QED) is 0.799. The van der Waals surface area contributed by atoms with Gasteiger partial charge in [0.05, 0.1) is 6.61 Å². The number of hydrogen-bond donors (Lipinski definition) is 1. The minimum absolute atomic E-state index is 0.0772. The summed E-state index contributed by atoms with van der Waals surface area (Å²) in [5.41, 5.74) is 0.854. The summed E-state index contributed by atoms with van der Waals surface area (Å²) in [6.07, 6.45) is 3.32. The predicted octanol–water partition coefficient (Wildman–Crippen LogP) is 2.96. The second kappa shape index (κ2) is 7.17. The van der Waals surface area contributed by atoms with E-state index in [1.54, 1.807) is 36.7 Å². The van der Waals surface area contributed by atoms with Gasteiger partial charge in [0.1, 0.15) is 10.3 Å². The second-order valence-corrected chi connectivity index (χ2v) is 3.58. The van der Waals surface area contributed by atoms with E-state index in [0.29, 0.717) is 10.3 Å². The molecule has 0 unspecified atom stereocenters. The number of hydrogen-bond acceptors (Lipinski definition) is 3. The van der Waals surface area contributed by atoms with Crippen LogP contribution in [-0.4, -0.2) is 15.1 Å². The van der Waals surface area contributed by atoms with Gasteiger partial charge in [0, 0.05) is 12.4 Å². The van der Waals surface area contributed by atoms with E-state index in [1.165, 1.54) is 0 Å². The molecule has 2 heterocycles. The molecule has 0 aromatic carbocycles. The zero-order valence-corrected chi connectivity index (χ0v) is 9.86. The van der Waals surface area contributed by atoms with E-state index in [1.807, 2.05) is 6.07 Å². The van der Waals surface area contributed by atoms with E-state index < -0.39 is 0 Å². The standard InChI is InChI=1S/C6H7NO.C5H3Cl2N/c8-5-6-2-1-3-7-4-6;6-4-2-1-3-5(7)8-4/h1-4,8H,5H2;1-3H. The van der Waals surface area contributed by atoms with Crippen LogP contribution in [0.3, 0.4) is 0 Å². The largest absolute Gasteiger partial charge is 0.392 e. The van der Waals surface area contributed by atoms with Crippen molar-refractivity contribution in [3.8, 4) is 0 Å². The maximum atomic E-state index is 8.50. The van der Waals surface area contributed by atoms with Crippen molar-refractivity contribution >= 4 is 23.2 Å². The predicted molar refractivity (Wildman–Crippen MR) is 64.4 cm³/mol. The highest BCUT2D eigenvalue weighted by Crippen LogP contribution is 2.08. The van der Waals surface area contributed by atoms with Gasteiger partial charge < -0.3 is 5.11 Å². The topological polar surface area (TPSA) is 46.0 Å². The van der Waals surface area contributed by atoms with Crippen LogP contribution >= 0.6 is 23.2 Å². The highest BCUT2D eigenvalue weighted by atomic mass is 35.5. The Labute approximate surface area is 104 Å². The summed E-state index contributed by atoms with van der Waals surface area (Å²) >= 11 is 10.9. The molecule has 0 aliphatic rings. The average molecular weight is 257 g/mol. The lowest BCUT2D eigenvalue weighted by molar-refractivity contribution is 0.281. The fourth-order valence-electron chi connectivity index (χ4n) is 0.875. The Bertz CT molecular complexity index is 406. The number of aliphatic hydroxyl groups is 1. The first-order valence-corrected chi connectivity index (χ1v) is 5.26. The lowest BCUT2D eigenvalue weighted by Crippen LogP contribution is -1.80. The lowest BCUT2D eigenvalue weighted by atomic mass is 10.3. The van der Waals surface area contributed by atoms with Crippen molar-refractivity contribution in [2.24, 2.45) is 0 Å². The summed E-state index contributed by atoms with van der Waals surface area (Å²) in [5.74, 6) is 0. The normalized spacial score (nSPS) is 9.19. The van der Waals surface area contributed by atoms with Gasteiger partial charge in [-0.1, -0.05) is 35.3 Å². The molecule has 16 heavy (non-hydrogen) atoms. The van der Waals surface area contributed by atoms with Crippen molar-refractivity contribution in [3.05, 3.63) is 58.6 Å². The summed E-state index contributed by atoms with van der Waals surface area (Å²) in [6, 6.07) is 8.72. The molecule has 84 valence electrons. The first-order valence-electron chi connectivity index (χ1n) is 4.50. The molecule has 0 spiro atoms. The molecule has 0 aliphatic carbocycles. The van der Waals surface area contributed by atoms with Crippen molar-refractivity contribution in [1.82, 2.24) is 9.97 Å². The van der Waals surface area contributed by atoms with Crippen LogP contribution in [-0.2, 0) is 6.61 Å². The Morgan fingerprint density at radius 3 is 2.06 bits per heavy atom. The van der Waals surface area contributed by atoms with E-state index in [0.717, 1.165) is 5.56 Å². The molecule has 0 bridgehead atoms. The monoisotopic (exact) mass is 256 g/mol. The van der Waals surface area contributed by atoms with Crippen LogP contribution in [0.2, 0.25) is 10.3 Å². The average Bonchev–Trinajstić information content (AvgIpc) is 2.31. The summed E-state index contributed by atoms with van der Waals surface area (Å²) < 4.78 is 0. The van der Waals surface area contributed by atoms with Crippen LogP contribution in [0, 0.1) is 0 Å². The number of aliphatic hydroxyl groups excluding tert-OH is 1. The molecule has 2 rings (SSSR count). The van der Waals surface area contributed by atoms with Crippen LogP contribution in [0.4, 0.5) is 0 Å². The highest BCUT2D eigenvalue weighted by Gasteiger charge is 1.86. The molecule has 2 aromatic rings. The smallest absolute Gasteiger partial charge is 0.130 e. The molecule has 0 aliphatic heterocycles. The van der Waals surface area contributed by atoms with Gasteiger partial charge in [-0.3, -0.25) is 4.98 Å². The van der Waals surface area contributed by atoms with E-state index in [9.17, 15) is 0 Å². The van der Waals surface area contributed by atoms with Crippen molar-refractivity contribution in [2.45, 2.75) is 6.61 Å². The van der Waals surface area contributed by atoms with Crippen molar-refractivity contribution in [1.29, 1.82) is 0 Å². The number of pyridine rings is 2. The summed E-state index contributed by atoms with van der Waals surface area (Å²) in [7, 11) is 0. The zero-order valence-electron chi connectivity index (χ0n) is 8.35. The molecule has 0 atom stereocenters. The lowest BCUT2D eigenvalue weighted by Gasteiger charge is -1.88. The van der Waals surface area contributed by atoms with Gasteiger partial charge in [-0.25, -0.2) is 4.98 Å². The molecule has 0 radical (unpaired) electrons. The minimum atomic E-state index is 0.0772. The van der Waals surface area contributed by atoms with E-state index in [2.05, 4.69) is 9.97 Å². The van der Waals surface area contributed by atoms with Crippen LogP contribution in [0.15, 0.2) is 42.7 Å². The fourth-order valence-corrected chi connectivity index (χ4v) is 1.25. The molecule has 1 N–H and O–H groups in total. The van der Waals surface area contributed by atoms with E-state index in [4.69, 9.17) is 28.3 Å². The first kappa shape index (κ1) is 12.9. The highest BCUT2D eigenvalue weighted by molar-refractivity contribution is 6.32. The second-order valence-electron chi connectivity index (χ2n) is 2.80. The van der Waals surface area contributed by atoms with Crippen LogP contribution in [0.5, 0.6) is 0 Å². The molecule has 3 nitrogen and oxygen atoms in total. The van der Waals surface area contributed by atoms with Crippen LogP contribution < -0.4 is 0 Å². The fraction of sp³-hybridized carbons (Fsp3) is 0.0909. The molecule has 0 saturated carbocycles. The minimum Gasteiger partial charge on any atom is -0.392 e. The maximum absolute atomic E-state index is 8.50. The van der Waals surface area contributed by atoms with Gasteiger partial charge in [0.15, 0.2) is 0 Å². The maximum Gasteiger partial charge on any atom is 0.130 e. The van der Waals surface area contributed by atoms with Crippen molar-refractivity contribution < 1.29 is 5.11 Å². The van der Waals surface area contributed by atoms with E-state index in [-0.39, 0.29) is 6.61 Å². The summed E-state index contributed by atoms with van der Waals surface area (Å²) in [5, 5.41) is 9.35. The Hall–Kier alpha value is -1.16. The van der Waals surface area contributed by atoms with Crippen LogP contribution in [0.1, 0.15) is 5.56 Å². The Morgan fingerprint density at radius 1 is 1.06 bits per heavy atom. The van der Waals surface area contributed by atoms with Gasteiger partial charge >= 0.3 is 0 Å². The van der Waals surface area contributed by atoms with Gasteiger partial charge in [-0.2, -0.15) is 0 Å². The first-order chi connectivity index (χ1) is 7.72. The van der Waals surface area contributed by atoms with Crippen molar-refractivity contribution in [3.63, 3.8) is 0 Å². The molecule has 0 amide bonds. The SMILES string of the molecule is Clc1cccc(Cl)n1.OCc1cccnc1. The summed E-state index contributed by atoms with van der Waals surface area (Å²) in [4.78, 5) is 7.50. The molecule has 2 aromatic heterocycles. The van der Waals surface area contributed by atoms with Gasteiger partial charge in [0.25, 0.3) is 0 Å². The van der Waals surface area contributed by atoms with Crippen LogP contribution in [0.25, 0.3) is 0 Å². The Morgan fingerprint density at radius 2 is 1.75 bits per heavy atom. The summed E-state index contributed by atoms with van der Waals surface area (Å²) in [6.45, 7) is 0.0772. The number of halogens is 2. The number of nitrogens with zero attached hydrogens (tertiary/aromatic N) is 2. The zero-order chi connectivity index (χ0) is 11.8. The van der Waals surface area contributed by atoms with Gasteiger partial charge in [-0.05, 0) is 23.8 Å². The third-order valence-corrected chi connectivity index (χ3v) is 2.01. The third kappa shape index (κ3) is 5.07. The number of rotatable bonds is 1. The van der Waals surface area contributed by atoms with E-state index >= 15 is 0 Å². The Balaban J connectivity index is 0.000000160. The Kier molecular flexibility index (Phi) is 5.78. The van der Waals surface area contributed by atoms with Gasteiger partial charge in [-0.15, -0.1) is 0 Å². The number of aromatic nitrogens is 2. The molecule has 0 saturated heterocycles. The molecular weight excluding hydrogens is 247 g/mol. The third-order valence-electron chi connectivity index (χ3n) is 1.59. The molecule has 0 fully saturated rings. The molecule has 5 heteroatoms. The van der Waals surface area contributed by atoms with Crippen molar-refractivity contribution in [2.75, 3.05) is 0 Å². The van der Waals surface area contributed by atoms with Gasteiger partial charge in [0.2, 0.25) is 0 Å².